The molecular weight excluding hydrogens is 369 g/mol. The van der Waals surface area contributed by atoms with Crippen molar-refractivity contribution in [2.24, 2.45) is 0 Å². The van der Waals surface area contributed by atoms with Gasteiger partial charge in [-0.25, -0.2) is 9.18 Å². The van der Waals surface area contributed by atoms with Crippen LogP contribution < -0.4 is 0 Å². The van der Waals surface area contributed by atoms with Crippen molar-refractivity contribution in [1.82, 2.24) is 0 Å². The van der Waals surface area contributed by atoms with Gasteiger partial charge in [0.15, 0.2) is 0 Å². The maximum Gasteiger partial charge on any atom is 0.416 e. The van der Waals surface area contributed by atoms with Gasteiger partial charge in [0.1, 0.15) is 11.6 Å². The van der Waals surface area contributed by atoms with Gasteiger partial charge in [0.25, 0.3) is 0 Å². The first-order valence-electron chi connectivity index (χ1n) is 6.91. The molecule has 2 rings (SSSR count). The highest BCUT2D eigenvalue weighted by Crippen LogP contribution is 2.30. The maximum absolute atomic E-state index is 12.9. The zero-order valence-electron chi connectivity index (χ0n) is 12.7. The lowest BCUT2D eigenvalue weighted by Crippen LogP contribution is -2.10. The van der Waals surface area contributed by atoms with E-state index in [9.17, 15) is 35.5 Å². The molecule has 0 N–H and O–H groups in total. The van der Waals surface area contributed by atoms with Gasteiger partial charge in [0, 0.05) is 5.56 Å². The molecular formula is C17H9F7O2. The lowest BCUT2D eigenvalue weighted by Gasteiger charge is -2.11. The van der Waals surface area contributed by atoms with Crippen LogP contribution in [0.4, 0.5) is 30.7 Å². The number of carbonyl (C=O) groups is 1. The second-order valence-corrected chi connectivity index (χ2v) is 5.02. The van der Waals surface area contributed by atoms with Crippen LogP contribution in [-0.4, -0.2) is 12.1 Å². The standard InChI is InChI=1S/C17H9F7O2/c18-13-7-3-10(4-8-13)14(9-16(19,20)21)26-15(25)11-1-5-12(6-2-11)17(22,23)24/h1-9H/b14-9+. The average Bonchev–Trinajstić information content (AvgIpc) is 2.53. The van der Waals surface area contributed by atoms with Gasteiger partial charge in [-0.2, -0.15) is 26.3 Å². The van der Waals surface area contributed by atoms with Crippen molar-refractivity contribution in [3.8, 4) is 0 Å². The van der Waals surface area contributed by atoms with Gasteiger partial charge in [0.2, 0.25) is 0 Å². The molecule has 0 atom stereocenters. The Labute approximate surface area is 142 Å². The number of allylic oxidation sites excluding steroid dienone is 1. The molecule has 26 heavy (non-hydrogen) atoms. The molecule has 9 heteroatoms. The summed E-state index contributed by atoms with van der Waals surface area (Å²) in [5.41, 5.74) is -1.64. The summed E-state index contributed by atoms with van der Waals surface area (Å²) in [7, 11) is 0. The summed E-state index contributed by atoms with van der Waals surface area (Å²) >= 11 is 0. The first kappa shape index (κ1) is 19.5. The van der Waals surface area contributed by atoms with E-state index in [1.807, 2.05) is 0 Å². The van der Waals surface area contributed by atoms with Crippen molar-refractivity contribution >= 4 is 11.7 Å². The third-order valence-electron chi connectivity index (χ3n) is 3.07. The van der Waals surface area contributed by atoms with Gasteiger partial charge in [-0.1, -0.05) is 0 Å². The molecule has 0 fully saturated rings. The number of carbonyl (C=O) groups excluding carboxylic acids is 1. The number of esters is 1. The SMILES string of the molecule is O=C(O/C(=C/C(F)(F)F)c1ccc(F)cc1)c1ccc(C(F)(F)F)cc1. The van der Waals surface area contributed by atoms with Gasteiger partial charge in [-0.3, -0.25) is 0 Å². The van der Waals surface area contributed by atoms with E-state index in [1.165, 1.54) is 0 Å². The third kappa shape index (κ3) is 5.33. The van der Waals surface area contributed by atoms with Crippen LogP contribution in [0, 0.1) is 5.82 Å². The first-order valence-corrected chi connectivity index (χ1v) is 6.91. The Kier molecular flexibility index (Phi) is 5.38. The average molecular weight is 378 g/mol. The maximum atomic E-state index is 12.9. The van der Waals surface area contributed by atoms with Crippen molar-refractivity contribution in [2.45, 2.75) is 12.4 Å². The fourth-order valence-corrected chi connectivity index (χ4v) is 1.89. The van der Waals surface area contributed by atoms with Gasteiger partial charge < -0.3 is 4.74 Å². The van der Waals surface area contributed by atoms with Gasteiger partial charge >= 0.3 is 18.3 Å². The van der Waals surface area contributed by atoms with Crippen LogP contribution in [0.5, 0.6) is 0 Å². The van der Waals surface area contributed by atoms with E-state index < -0.39 is 35.5 Å². The summed E-state index contributed by atoms with van der Waals surface area (Å²) in [5.74, 6) is -2.92. The Morgan fingerprint density at radius 1 is 0.808 bits per heavy atom. The van der Waals surface area contributed by atoms with Crippen LogP contribution in [0.25, 0.3) is 5.76 Å². The van der Waals surface area contributed by atoms with E-state index in [1.54, 1.807) is 0 Å². The topological polar surface area (TPSA) is 26.3 Å². The summed E-state index contributed by atoms with van der Waals surface area (Å²) in [6, 6.07) is 6.42. The molecule has 0 amide bonds. The van der Waals surface area contributed by atoms with Crippen molar-refractivity contribution in [1.29, 1.82) is 0 Å². The van der Waals surface area contributed by atoms with Crippen LogP contribution in [-0.2, 0) is 10.9 Å². The molecule has 0 radical (unpaired) electrons. The highest BCUT2D eigenvalue weighted by Gasteiger charge is 2.31. The van der Waals surface area contributed by atoms with Crippen LogP contribution in [0.2, 0.25) is 0 Å². The minimum absolute atomic E-state index is 0.232. The number of alkyl halides is 6. The van der Waals surface area contributed by atoms with Gasteiger partial charge in [-0.15, -0.1) is 0 Å². The molecule has 0 aromatic heterocycles. The molecule has 0 spiro atoms. The monoisotopic (exact) mass is 378 g/mol. The highest BCUT2D eigenvalue weighted by atomic mass is 19.4. The zero-order chi connectivity index (χ0) is 19.5. The minimum Gasteiger partial charge on any atom is -0.422 e. The molecule has 0 aliphatic carbocycles. The lowest BCUT2D eigenvalue weighted by atomic mass is 10.1. The fourth-order valence-electron chi connectivity index (χ4n) is 1.89. The number of hydrogen-bond acceptors (Lipinski definition) is 2. The smallest absolute Gasteiger partial charge is 0.416 e. The third-order valence-corrected chi connectivity index (χ3v) is 3.07. The molecule has 0 saturated carbocycles. The van der Waals surface area contributed by atoms with E-state index in [0.29, 0.717) is 12.1 Å². The largest absolute Gasteiger partial charge is 0.422 e. The predicted molar refractivity (Wildman–Crippen MR) is 77.3 cm³/mol. The molecule has 2 aromatic carbocycles. The Balaban J connectivity index is 2.29. The van der Waals surface area contributed by atoms with Crippen molar-refractivity contribution in [3.05, 3.63) is 77.1 Å². The second kappa shape index (κ2) is 7.19. The van der Waals surface area contributed by atoms with E-state index >= 15 is 0 Å². The highest BCUT2D eigenvalue weighted by molar-refractivity contribution is 5.93. The molecule has 138 valence electrons. The number of ether oxygens (including phenoxy) is 1. The number of halogens is 7. The van der Waals surface area contributed by atoms with E-state index in [4.69, 9.17) is 0 Å². The molecule has 0 heterocycles. The van der Waals surface area contributed by atoms with Gasteiger partial charge in [0.05, 0.1) is 17.2 Å². The van der Waals surface area contributed by atoms with Crippen LogP contribution in [0.3, 0.4) is 0 Å². The predicted octanol–water partition coefficient (Wildman–Crippen LogP) is 5.60. The number of hydrogen-bond donors (Lipinski definition) is 0. The second-order valence-electron chi connectivity index (χ2n) is 5.02. The minimum atomic E-state index is -4.84. The quantitative estimate of drug-likeness (QED) is 0.395. The summed E-state index contributed by atoms with van der Waals surface area (Å²) in [4.78, 5) is 12.0. The number of rotatable bonds is 3. The van der Waals surface area contributed by atoms with Crippen LogP contribution >= 0.6 is 0 Å². The first-order chi connectivity index (χ1) is 12.0. The van der Waals surface area contributed by atoms with Crippen molar-refractivity contribution < 1.29 is 40.3 Å². The van der Waals surface area contributed by atoms with Crippen LogP contribution in [0.1, 0.15) is 21.5 Å². The van der Waals surface area contributed by atoms with E-state index in [0.717, 1.165) is 36.4 Å². The number of benzene rings is 2. The summed E-state index contributed by atoms with van der Waals surface area (Å²) in [6.07, 6.45) is -9.77. The van der Waals surface area contributed by atoms with Crippen molar-refractivity contribution in [3.63, 3.8) is 0 Å². The normalized spacial score (nSPS) is 12.8. The molecule has 0 saturated heterocycles. The van der Waals surface area contributed by atoms with Crippen molar-refractivity contribution in [2.75, 3.05) is 0 Å². The molecule has 0 aliphatic heterocycles. The van der Waals surface area contributed by atoms with E-state index in [2.05, 4.69) is 4.74 Å². The fraction of sp³-hybridized carbons (Fsp3) is 0.118. The Hall–Kier alpha value is -2.84. The van der Waals surface area contributed by atoms with Crippen LogP contribution in [0.15, 0.2) is 54.6 Å². The summed E-state index contributed by atoms with van der Waals surface area (Å²) < 4.78 is 93.0. The summed E-state index contributed by atoms with van der Waals surface area (Å²) in [6.45, 7) is 0. The molecule has 2 aromatic rings. The Morgan fingerprint density at radius 3 is 1.77 bits per heavy atom. The van der Waals surface area contributed by atoms with Gasteiger partial charge in [-0.05, 0) is 48.5 Å². The summed E-state index contributed by atoms with van der Waals surface area (Å²) in [5, 5.41) is 0. The lowest BCUT2D eigenvalue weighted by molar-refractivity contribution is -0.137. The molecule has 0 aliphatic rings. The molecule has 2 nitrogen and oxygen atoms in total. The van der Waals surface area contributed by atoms with E-state index in [-0.39, 0.29) is 17.2 Å². The molecule has 0 bridgehead atoms. The Morgan fingerprint density at radius 2 is 1.31 bits per heavy atom. The zero-order valence-corrected chi connectivity index (χ0v) is 12.7. The molecule has 0 unspecified atom stereocenters. The Bertz CT molecular complexity index is 801.